The van der Waals surface area contributed by atoms with Crippen molar-refractivity contribution in [1.82, 2.24) is 24.1 Å². The smallest absolute Gasteiger partial charge is 0.238 e. The summed E-state index contributed by atoms with van der Waals surface area (Å²) in [7, 11) is 0. The van der Waals surface area contributed by atoms with Gasteiger partial charge in [0.05, 0.1) is 22.1 Å². The number of aromatic nitrogens is 5. The van der Waals surface area contributed by atoms with E-state index < -0.39 is 0 Å². The van der Waals surface area contributed by atoms with Crippen molar-refractivity contribution in [3.05, 3.63) is 176 Å². The minimum atomic E-state index is 0.586. The molecule has 0 saturated carbocycles. The highest BCUT2D eigenvalue weighted by atomic mass is 15.2. The van der Waals surface area contributed by atoms with Gasteiger partial charge in [-0.3, -0.25) is 4.57 Å². The van der Waals surface area contributed by atoms with Crippen molar-refractivity contribution in [1.29, 1.82) is 0 Å². The van der Waals surface area contributed by atoms with Gasteiger partial charge in [-0.15, -0.1) is 0 Å². The molecule has 5 heteroatoms. The summed E-state index contributed by atoms with van der Waals surface area (Å²) in [4.78, 5) is 15.2. The predicted molar refractivity (Wildman–Crippen MR) is 205 cm³/mol. The first-order valence-corrected chi connectivity index (χ1v) is 16.8. The lowest BCUT2D eigenvalue weighted by atomic mass is 10.0. The molecule has 0 amide bonds. The Balaban J connectivity index is 1.20. The molecule has 0 saturated heterocycles. The summed E-state index contributed by atoms with van der Waals surface area (Å²) >= 11 is 0. The van der Waals surface area contributed by atoms with Gasteiger partial charge < -0.3 is 4.57 Å². The third-order valence-electron chi connectivity index (χ3n) is 9.58. The van der Waals surface area contributed by atoms with Crippen LogP contribution in [0.3, 0.4) is 0 Å². The summed E-state index contributed by atoms with van der Waals surface area (Å²) < 4.78 is 4.54. The van der Waals surface area contributed by atoms with E-state index in [0.29, 0.717) is 17.6 Å². The average Bonchev–Trinajstić information content (AvgIpc) is 3.71. The minimum absolute atomic E-state index is 0.586. The zero-order chi connectivity index (χ0) is 33.0. The van der Waals surface area contributed by atoms with Crippen LogP contribution in [0.5, 0.6) is 0 Å². The fraction of sp³-hybridized carbons (Fsp3) is 0. The molecule has 0 spiro atoms. The molecule has 0 aliphatic rings. The van der Waals surface area contributed by atoms with E-state index in [2.05, 4.69) is 124 Å². The van der Waals surface area contributed by atoms with Crippen molar-refractivity contribution in [3.8, 4) is 45.5 Å². The average molecular weight is 640 g/mol. The Labute approximate surface area is 288 Å². The molecule has 0 aliphatic carbocycles. The van der Waals surface area contributed by atoms with E-state index in [4.69, 9.17) is 15.0 Å². The van der Waals surface area contributed by atoms with E-state index >= 15 is 0 Å². The molecule has 0 bridgehead atoms. The maximum absolute atomic E-state index is 5.12. The monoisotopic (exact) mass is 639 g/mol. The molecule has 50 heavy (non-hydrogen) atoms. The van der Waals surface area contributed by atoms with Crippen LogP contribution in [-0.2, 0) is 0 Å². The van der Waals surface area contributed by atoms with Gasteiger partial charge in [0.1, 0.15) is 0 Å². The topological polar surface area (TPSA) is 48.5 Å². The largest absolute Gasteiger partial charge is 0.309 e. The fourth-order valence-corrected chi connectivity index (χ4v) is 7.27. The van der Waals surface area contributed by atoms with Gasteiger partial charge in [-0.2, -0.15) is 9.97 Å². The first-order chi connectivity index (χ1) is 24.8. The maximum atomic E-state index is 5.12. The Hall–Kier alpha value is -6.85. The molecular formula is C45H29N5. The van der Waals surface area contributed by atoms with Crippen molar-refractivity contribution in [2.24, 2.45) is 0 Å². The van der Waals surface area contributed by atoms with Crippen molar-refractivity contribution in [3.63, 3.8) is 0 Å². The Morgan fingerprint density at radius 1 is 0.300 bits per heavy atom. The quantitative estimate of drug-likeness (QED) is 0.188. The van der Waals surface area contributed by atoms with Gasteiger partial charge in [0.25, 0.3) is 0 Å². The Morgan fingerprint density at radius 2 is 0.780 bits per heavy atom. The molecule has 0 fully saturated rings. The number of fused-ring (bicyclic) bond motifs is 6. The number of benzene rings is 7. The molecule has 10 aromatic rings. The van der Waals surface area contributed by atoms with Gasteiger partial charge in [0, 0.05) is 38.4 Å². The van der Waals surface area contributed by atoms with E-state index in [-0.39, 0.29) is 0 Å². The summed E-state index contributed by atoms with van der Waals surface area (Å²) in [5, 5.41) is 4.75. The zero-order valence-electron chi connectivity index (χ0n) is 27.0. The highest BCUT2D eigenvalue weighted by molar-refractivity contribution is 6.12. The second-order valence-electron chi connectivity index (χ2n) is 12.5. The van der Waals surface area contributed by atoms with E-state index in [1.54, 1.807) is 0 Å². The van der Waals surface area contributed by atoms with Crippen LogP contribution in [-0.4, -0.2) is 24.1 Å². The van der Waals surface area contributed by atoms with Crippen molar-refractivity contribution in [2.45, 2.75) is 0 Å². The van der Waals surface area contributed by atoms with E-state index in [1.807, 2.05) is 60.7 Å². The van der Waals surface area contributed by atoms with Gasteiger partial charge in [0.15, 0.2) is 11.6 Å². The number of hydrogen-bond donors (Lipinski definition) is 0. The highest BCUT2D eigenvalue weighted by Gasteiger charge is 2.19. The summed E-state index contributed by atoms with van der Waals surface area (Å²) in [5.74, 6) is 1.86. The van der Waals surface area contributed by atoms with E-state index in [0.717, 1.165) is 49.7 Å². The molecule has 3 heterocycles. The van der Waals surface area contributed by atoms with Gasteiger partial charge >= 0.3 is 0 Å². The van der Waals surface area contributed by atoms with Crippen LogP contribution in [0.15, 0.2) is 176 Å². The molecule has 5 nitrogen and oxygen atoms in total. The second kappa shape index (κ2) is 11.4. The minimum Gasteiger partial charge on any atom is -0.309 e. The maximum Gasteiger partial charge on any atom is 0.238 e. The predicted octanol–water partition coefficient (Wildman–Crippen LogP) is 11.1. The molecule has 234 valence electrons. The molecule has 0 unspecified atom stereocenters. The normalized spacial score (nSPS) is 11.6. The first-order valence-electron chi connectivity index (χ1n) is 16.8. The van der Waals surface area contributed by atoms with Crippen molar-refractivity contribution in [2.75, 3.05) is 0 Å². The third-order valence-corrected chi connectivity index (χ3v) is 9.58. The molecule has 0 radical (unpaired) electrons. The Morgan fingerprint density at radius 3 is 1.44 bits per heavy atom. The van der Waals surface area contributed by atoms with Crippen LogP contribution >= 0.6 is 0 Å². The highest BCUT2D eigenvalue weighted by Crippen LogP contribution is 2.38. The van der Waals surface area contributed by atoms with E-state index in [1.165, 1.54) is 21.8 Å². The molecule has 0 atom stereocenters. The lowest BCUT2D eigenvalue weighted by molar-refractivity contribution is 0.953. The SMILES string of the molecule is c1ccc(-c2nc(-c3ccccc3)nc(-n3c4ccccc4c4ccc(-c5ccc6c(c5)c5ccccc5n6-c5ccccc5)cc43)n2)cc1. The molecule has 3 aromatic heterocycles. The number of nitrogens with zero attached hydrogens (tertiary/aromatic N) is 5. The van der Waals surface area contributed by atoms with E-state index in [9.17, 15) is 0 Å². The van der Waals surface area contributed by atoms with Gasteiger partial charge in [-0.05, 0) is 53.6 Å². The molecule has 0 N–H and O–H groups in total. The Bertz CT molecular complexity index is 2800. The summed E-state index contributed by atoms with van der Waals surface area (Å²) in [5.41, 5.74) is 9.78. The molecular weight excluding hydrogens is 611 g/mol. The van der Waals surface area contributed by atoms with Crippen molar-refractivity contribution >= 4 is 43.6 Å². The van der Waals surface area contributed by atoms with Crippen LogP contribution < -0.4 is 0 Å². The van der Waals surface area contributed by atoms with Gasteiger partial charge in [-0.1, -0.05) is 133 Å². The summed E-state index contributed by atoms with van der Waals surface area (Å²) in [6, 6.07) is 61.5. The molecule has 0 aliphatic heterocycles. The number of para-hydroxylation sites is 3. The van der Waals surface area contributed by atoms with Crippen LogP contribution in [0, 0.1) is 0 Å². The van der Waals surface area contributed by atoms with Crippen molar-refractivity contribution < 1.29 is 0 Å². The lowest BCUT2D eigenvalue weighted by Crippen LogP contribution is -2.06. The van der Waals surface area contributed by atoms with Crippen LogP contribution in [0.1, 0.15) is 0 Å². The number of hydrogen-bond acceptors (Lipinski definition) is 3. The zero-order valence-corrected chi connectivity index (χ0v) is 27.0. The standard InChI is InChI=1S/C45H29N5/c1-4-14-30(15-5-1)43-46-44(31-16-6-2-7-17-31)48-45(47-43)50-40-23-13-10-20-35(40)37-26-24-33(29-42(37)50)32-25-27-41-38(28-32)36-21-11-12-22-39(36)49(41)34-18-8-3-9-19-34/h1-29H. The van der Waals surface area contributed by atoms with Gasteiger partial charge in [0.2, 0.25) is 5.95 Å². The molecule has 7 aromatic carbocycles. The second-order valence-corrected chi connectivity index (χ2v) is 12.5. The van der Waals surface area contributed by atoms with Crippen LogP contribution in [0.2, 0.25) is 0 Å². The van der Waals surface area contributed by atoms with Gasteiger partial charge in [-0.25, -0.2) is 4.98 Å². The third kappa shape index (κ3) is 4.52. The summed E-state index contributed by atoms with van der Waals surface area (Å²) in [6.07, 6.45) is 0. The van der Waals surface area contributed by atoms with Crippen LogP contribution in [0.4, 0.5) is 0 Å². The first kappa shape index (κ1) is 28.2. The molecule has 10 rings (SSSR count). The Kier molecular flexibility index (Phi) is 6.42. The number of rotatable bonds is 5. The lowest BCUT2D eigenvalue weighted by Gasteiger charge is -2.11. The van der Waals surface area contributed by atoms with Crippen LogP contribution in [0.25, 0.3) is 89.2 Å². The fourth-order valence-electron chi connectivity index (χ4n) is 7.27. The summed E-state index contributed by atoms with van der Waals surface area (Å²) in [6.45, 7) is 0.